The zero-order valence-electron chi connectivity index (χ0n) is 20.7. The van der Waals surface area contributed by atoms with E-state index in [1.807, 2.05) is 13.8 Å². The first-order valence-corrected chi connectivity index (χ1v) is 11.4. The van der Waals surface area contributed by atoms with Crippen LogP contribution in [0, 0.1) is 16.0 Å². The molecule has 0 saturated heterocycles. The van der Waals surface area contributed by atoms with Crippen molar-refractivity contribution < 1.29 is 28.4 Å². The number of benzene rings is 2. The molecule has 0 fully saturated rings. The van der Waals surface area contributed by atoms with Gasteiger partial charge in [0.25, 0.3) is 5.69 Å². The molecule has 1 heterocycles. The van der Waals surface area contributed by atoms with Crippen molar-refractivity contribution in [1.29, 1.82) is 0 Å². The van der Waals surface area contributed by atoms with Crippen LogP contribution in [0.15, 0.2) is 57.9 Å². The van der Waals surface area contributed by atoms with Crippen LogP contribution >= 0.6 is 0 Å². The zero-order chi connectivity index (χ0) is 26.6. The molecule has 0 aliphatic rings. The Morgan fingerprint density at radius 2 is 1.78 bits per heavy atom. The van der Waals surface area contributed by atoms with E-state index in [1.54, 1.807) is 20.8 Å². The Morgan fingerprint density at radius 1 is 1.11 bits per heavy atom. The molecule has 2 aromatic carbocycles. The van der Waals surface area contributed by atoms with E-state index in [-0.39, 0.29) is 39.3 Å². The third kappa shape index (κ3) is 6.68. The molecule has 10 heteroatoms. The molecule has 1 amide bonds. The fraction of sp³-hybridized carbons (Fsp3) is 0.346. The minimum atomic E-state index is -0.938. The van der Waals surface area contributed by atoms with Crippen molar-refractivity contribution in [3.63, 3.8) is 0 Å². The van der Waals surface area contributed by atoms with E-state index in [4.69, 9.17) is 13.9 Å². The third-order valence-electron chi connectivity index (χ3n) is 5.04. The number of hydrogen-bond donors (Lipinski definition) is 1. The molecule has 36 heavy (non-hydrogen) atoms. The number of alkyl carbamates (subject to hydrolysis) is 1. The van der Waals surface area contributed by atoms with Crippen LogP contribution in [0.1, 0.15) is 41.0 Å². The number of esters is 1. The van der Waals surface area contributed by atoms with Gasteiger partial charge in [-0.15, -0.1) is 0 Å². The highest BCUT2D eigenvalue weighted by Crippen LogP contribution is 2.25. The summed E-state index contributed by atoms with van der Waals surface area (Å²) in [7, 11) is 0. The van der Waals surface area contributed by atoms with Gasteiger partial charge in [0.2, 0.25) is 0 Å². The molecule has 1 aromatic heterocycles. The van der Waals surface area contributed by atoms with E-state index in [0.717, 1.165) is 0 Å². The highest BCUT2D eigenvalue weighted by Gasteiger charge is 2.27. The maximum atomic E-state index is 13.0. The van der Waals surface area contributed by atoms with Gasteiger partial charge in [0.05, 0.1) is 15.9 Å². The number of non-ortho nitro benzene ring substituents is 1. The molecule has 1 atom stereocenters. The number of carbonyl (C=O) groups is 2. The van der Waals surface area contributed by atoms with Gasteiger partial charge in [0.15, 0.2) is 5.43 Å². The molecule has 0 unspecified atom stereocenters. The van der Waals surface area contributed by atoms with Crippen LogP contribution in [0.4, 0.5) is 10.5 Å². The molecule has 1 N–H and O–H groups in total. The Bertz CT molecular complexity index is 1340. The average molecular weight is 497 g/mol. The van der Waals surface area contributed by atoms with Gasteiger partial charge in [-0.25, -0.2) is 9.59 Å². The minimum absolute atomic E-state index is 0.0879. The van der Waals surface area contributed by atoms with Crippen molar-refractivity contribution >= 4 is 28.7 Å². The second-order valence-electron chi connectivity index (χ2n) is 9.69. The summed E-state index contributed by atoms with van der Waals surface area (Å²) in [6, 6.07) is 8.95. The zero-order valence-corrected chi connectivity index (χ0v) is 20.7. The first-order valence-electron chi connectivity index (χ1n) is 11.4. The summed E-state index contributed by atoms with van der Waals surface area (Å²) in [5.41, 5.74) is -0.257. The number of nitrogens with one attached hydrogen (secondary N) is 1. The van der Waals surface area contributed by atoms with Crippen molar-refractivity contribution in [2.45, 2.75) is 52.7 Å². The van der Waals surface area contributed by atoms with Gasteiger partial charge < -0.3 is 19.2 Å². The van der Waals surface area contributed by atoms with E-state index < -0.39 is 28.6 Å². The lowest BCUT2D eigenvalue weighted by molar-refractivity contribution is -0.384. The van der Waals surface area contributed by atoms with Crippen molar-refractivity contribution in [3.8, 4) is 16.9 Å². The normalized spacial score (nSPS) is 12.3. The summed E-state index contributed by atoms with van der Waals surface area (Å²) >= 11 is 0. The predicted octanol–water partition coefficient (Wildman–Crippen LogP) is 5.21. The lowest BCUT2D eigenvalue weighted by atomic mass is 10.0. The summed E-state index contributed by atoms with van der Waals surface area (Å²) in [6.07, 6.45) is 0.857. The van der Waals surface area contributed by atoms with Crippen LogP contribution in [-0.2, 0) is 9.53 Å². The van der Waals surface area contributed by atoms with Gasteiger partial charge in [0.1, 0.15) is 29.2 Å². The first-order chi connectivity index (χ1) is 16.8. The topological polar surface area (TPSA) is 138 Å². The van der Waals surface area contributed by atoms with Crippen LogP contribution in [0.25, 0.3) is 22.1 Å². The molecule has 0 aliphatic heterocycles. The molecule has 0 radical (unpaired) electrons. The van der Waals surface area contributed by atoms with Crippen molar-refractivity contribution in [2.75, 3.05) is 0 Å². The summed E-state index contributed by atoms with van der Waals surface area (Å²) < 4.78 is 16.3. The third-order valence-corrected chi connectivity index (χ3v) is 5.04. The van der Waals surface area contributed by atoms with E-state index in [1.165, 1.54) is 48.7 Å². The lowest BCUT2D eigenvalue weighted by Crippen LogP contribution is -2.45. The summed E-state index contributed by atoms with van der Waals surface area (Å²) in [4.78, 5) is 48.4. The van der Waals surface area contributed by atoms with Gasteiger partial charge in [0, 0.05) is 18.2 Å². The van der Waals surface area contributed by atoms with Gasteiger partial charge in [-0.3, -0.25) is 14.9 Å². The number of ether oxygens (including phenoxy) is 2. The lowest BCUT2D eigenvalue weighted by Gasteiger charge is -2.23. The summed E-state index contributed by atoms with van der Waals surface area (Å²) in [5.74, 6) is -0.456. The second-order valence-corrected chi connectivity index (χ2v) is 9.69. The van der Waals surface area contributed by atoms with Crippen LogP contribution in [-0.4, -0.2) is 28.6 Å². The Morgan fingerprint density at radius 3 is 2.36 bits per heavy atom. The summed E-state index contributed by atoms with van der Waals surface area (Å²) in [5, 5.41) is 13.7. The average Bonchev–Trinajstić information content (AvgIpc) is 2.77. The van der Waals surface area contributed by atoms with Crippen LogP contribution in [0.3, 0.4) is 0 Å². The number of nitro groups is 1. The highest BCUT2D eigenvalue weighted by atomic mass is 16.6. The molecule has 0 aliphatic carbocycles. The molecule has 190 valence electrons. The van der Waals surface area contributed by atoms with E-state index in [0.29, 0.717) is 12.0 Å². The maximum Gasteiger partial charge on any atom is 0.408 e. The van der Waals surface area contributed by atoms with Crippen molar-refractivity contribution in [3.05, 3.63) is 69.1 Å². The molecule has 0 saturated carbocycles. The Kier molecular flexibility index (Phi) is 7.77. The smallest absolute Gasteiger partial charge is 0.408 e. The second kappa shape index (κ2) is 10.6. The van der Waals surface area contributed by atoms with Crippen molar-refractivity contribution in [2.24, 2.45) is 5.92 Å². The number of amides is 1. The Labute approximate surface area is 207 Å². The molecule has 3 rings (SSSR count). The minimum Gasteiger partial charge on any atom is -0.463 e. The van der Waals surface area contributed by atoms with E-state index in [2.05, 4.69) is 5.32 Å². The quantitative estimate of drug-likeness (QED) is 0.203. The fourth-order valence-electron chi connectivity index (χ4n) is 3.46. The monoisotopic (exact) mass is 496 g/mol. The van der Waals surface area contributed by atoms with Gasteiger partial charge >= 0.3 is 12.1 Å². The fourth-order valence-corrected chi connectivity index (χ4v) is 3.46. The first kappa shape index (κ1) is 26.4. The van der Waals surface area contributed by atoms with E-state index in [9.17, 15) is 24.5 Å². The van der Waals surface area contributed by atoms with Crippen LogP contribution < -0.4 is 15.5 Å². The Balaban J connectivity index is 1.82. The van der Waals surface area contributed by atoms with Gasteiger partial charge in [-0.2, -0.15) is 0 Å². The maximum absolute atomic E-state index is 13.0. The number of nitro benzene ring substituents is 1. The predicted molar refractivity (Wildman–Crippen MR) is 133 cm³/mol. The number of hydrogen-bond acceptors (Lipinski definition) is 8. The SMILES string of the molecule is CC(C)C[C@H](NC(=O)OC(C)(C)C)C(=O)Oc1ccc2c(=O)c(-c3ccc([N+](=O)[O-])cc3)coc2c1. The van der Waals surface area contributed by atoms with Gasteiger partial charge in [-0.1, -0.05) is 13.8 Å². The van der Waals surface area contributed by atoms with E-state index >= 15 is 0 Å². The Hall–Kier alpha value is -4.21. The number of carbonyl (C=O) groups excluding carboxylic acids is 2. The number of nitrogens with zero attached hydrogens (tertiary/aromatic N) is 1. The highest BCUT2D eigenvalue weighted by molar-refractivity contribution is 5.86. The molecule has 3 aromatic rings. The number of rotatable bonds is 7. The standard InChI is InChI=1S/C26H28N2O8/c1-15(2)12-21(27-25(31)36-26(3,4)5)24(30)35-18-10-11-19-22(13-18)34-14-20(23(19)29)16-6-8-17(9-7-16)28(32)33/h6-11,13-15,21H,12H2,1-5H3,(H,27,31)/t21-/m0/s1. The van der Waals surface area contributed by atoms with Crippen molar-refractivity contribution in [1.82, 2.24) is 5.32 Å². The molecular weight excluding hydrogens is 468 g/mol. The number of fused-ring (bicyclic) bond motifs is 1. The van der Waals surface area contributed by atoms with Crippen LogP contribution in [0.5, 0.6) is 5.75 Å². The molecule has 0 bridgehead atoms. The van der Waals surface area contributed by atoms with Gasteiger partial charge in [-0.05, 0) is 62.9 Å². The largest absolute Gasteiger partial charge is 0.463 e. The molecule has 0 spiro atoms. The molecular formula is C26H28N2O8. The summed E-state index contributed by atoms with van der Waals surface area (Å²) in [6.45, 7) is 8.98. The molecule has 10 nitrogen and oxygen atoms in total. The van der Waals surface area contributed by atoms with Crippen LogP contribution in [0.2, 0.25) is 0 Å².